The van der Waals surface area contributed by atoms with Gasteiger partial charge in [0, 0.05) is 5.70 Å². The lowest BCUT2D eigenvalue weighted by Gasteiger charge is -2.05. The molecule has 2 aromatic rings. The quantitative estimate of drug-likeness (QED) is 0.418. The van der Waals surface area contributed by atoms with Crippen molar-refractivity contribution < 1.29 is 28.2 Å². The highest BCUT2D eigenvalue weighted by Gasteiger charge is 2.19. The molecule has 2 rings (SSSR count). The molecule has 0 aliphatic carbocycles. The van der Waals surface area contributed by atoms with Crippen molar-refractivity contribution >= 4 is 11.8 Å². The first kappa shape index (κ1) is 20.6. The van der Waals surface area contributed by atoms with Crippen molar-refractivity contribution in [3.63, 3.8) is 0 Å². The molecule has 0 bridgehead atoms. The predicted molar refractivity (Wildman–Crippen MR) is 98.6 cm³/mol. The standard InChI is InChI=1S/C20H20N2O6/c1-12(22)18(9-21)19(23)11-27-20(24)17-8-16(28-13(17)2)10-26-15-6-4-14(25-3)5-7-15/h4-8H,10-11,22H2,1-3H3. The topological polar surface area (TPSA) is 125 Å². The maximum atomic E-state index is 12.2. The highest BCUT2D eigenvalue weighted by Crippen LogP contribution is 2.21. The summed E-state index contributed by atoms with van der Waals surface area (Å²) in [4.78, 5) is 24.0. The van der Waals surface area contributed by atoms with Crippen LogP contribution in [0.3, 0.4) is 0 Å². The Morgan fingerprint density at radius 3 is 2.43 bits per heavy atom. The van der Waals surface area contributed by atoms with Crippen LogP contribution in [0, 0.1) is 18.3 Å². The van der Waals surface area contributed by atoms with Crippen LogP contribution in [0.15, 0.2) is 46.0 Å². The Morgan fingerprint density at radius 2 is 1.86 bits per heavy atom. The van der Waals surface area contributed by atoms with Crippen LogP contribution in [0.25, 0.3) is 0 Å². The number of nitrogens with two attached hydrogens (primary N) is 1. The van der Waals surface area contributed by atoms with Gasteiger partial charge in [-0.1, -0.05) is 0 Å². The number of carbonyl (C=O) groups is 2. The molecule has 0 aliphatic heterocycles. The zero-order valence-corrected chi connectivity index (χ0v) is 15.8. The number of ketones is 1. The molecule has 0 atom stereocenters. The first-order chi connectivity index (χ1) is 13.3. The minimum absolute atomic E-state index is 0.0704. The Bertz CT molecular complexity index is 931. The molecule has 0 amide bonds. The van der Waals surface area contributed by atoms with Crippen LogP contribution < -0.4 is 15.2 Å². The van der Waals surface area contributed by atoms with Crippen LogP contribution in [0.5, 0.6) is 11.5 Å². The van der Waals surface area contributed by atoms with Crippen molar-refractivity contribution in [3.05, 3.63) is 58.7 Å². The van der Waals surface area contributed by atoms with Crippen molar-refractivity contribution in [3.8, 4) is 17.6 Å². The van der Waals surface area contributed by atoms with Crippen LogP contribution in [0.2, 0.25) is 0 Å². The minimum Gasteiger partial charge on any atom is -0.497 e. The number of allylic oxidation sites excluding steroid dienone is 1. The summed E-state index contributed by atoms with van der Waals surface area (Å²) < 4.78 is 21.1. The number of benzene rings is 1. The van der Waals surface area contributed by atoms with Gasteiger partial charge in [-0.25, -0.2) is 4.79 Å². The van der Waals surface area contributed by atoms with Crippen molar-refractivity contribution in [2.24, 2.45) is 5.73 Å². The molecule has 0 saturated carbocycles. The lowest BCUT2D eigenvalue weighted by atomic mass is 10.1. The molecule has 8 heteroatoms. The first-order valence-corrected chi connectivity index (χ1v) is 8.28. The van der Waals surface area contributed by atoms with E-state index in [0.717, 1.165) is 0 Å². The molecule has 0 spiro atoms. The van der Waals surface area contributed by atoms with Gasteiger partial charge in [-0.05, 0) is 44.2 Å². The summed E-state index contributed by atoms with van der Waals surface area (Å²) in [5.41, 5.74) is 5.46. The average Bonchev–Trinajstić information content (AvgIpc) is 3.05. The Labute approximate surface area is 162 Å². The third-order valence-corrected chi connectivity index (χ3v) is 3.75. The van der Waals surface area contributed by atoms with E-state index in [-0.39, 0.29) is 23.4 Å². The van der Waals surface area contributed by atoms with Gasteiger partial charge < -0.3 is 24.4 Å². The second-order valence-corrected chi connectivity index (χ2v) is 5.82. The van der Waals surface area contributed by atoms with Crippen molar-refractivity contribution in [1.29, 1.82) is 5.26 Å². The van der Waals surface area contributed by atoms with Crippen molar-refractivity contribution in [2.75, 3.05) is 13.7 Å². The van der Waals surface area contributed by atoms with Crippen LogP contribution >= 0.6 is 0 Å². The molecule has 0 saturated heterocycles. The summed E-state index contributed by atoms with van der Waals surface area (Å²) >= 11 is 0. The Balaban J connectivity index is 1.97. The van der Waals surface area contributed by atoms with Gasteiger partial charge in [-0.15, -0.1) is 0 Å². The van der Waals surface area contributed by atoms with E-state index in [9.17, 15) is 9.59 Å². The highest BCUT2D eigenvalue weighted by atomic mass is 16.5. The normalized spacial score (nSPS) is 11.2. The Kier molecular flexibility index (Phi) is 6.82. The second kappa shape index (κ2) is 9.28. The van der Waals surface area contributed by atoms with Gasteiger partial charge in [0.1, 0.15) is 46.8 Å². The number of furan rings is 1. The van der Waals surface area contributed by atoms with Crippen LogP contribution in [-0.4, -0.2) is 25.5 Å². The van der Waals surface area contributed by atoms with Gasteiger partial charge in [0.05, 0.1) is 7.11 Å². The number of hydrogen-bond acceptors (Lipinski definition) is 8. The summed E-state index contributed by atoms with van der Waals surface area (Å²) in [6, 6.07) is 10.2. The number of methoxy groups -OCH3 is 1. The number of carbonyl (C=O) groups excluding carboxylic acids is 2. The largest absolute Gasteiger partial charge is 0.497 e. The van der Waals surface area contributed by atoms with Gasteiger partial charge in [-0.3, -0.25) is 4.79 Å². The summed E-state index contributed by atoms with van der Waals surface area (Å²) in [5, 5.41) is 8.89. The summed E-state index contributed by atoms with van der Waals surface area (Å²) in [6.45, 7) is 2.54. The maximum absolute atomic E-state index is 12.2. The van der Waals surface area contributed by atoms with E-state index in [1.54, 1.807) is 44.4 Å². The average molecular weight is 384 g/mol. The SMILES string of the molecule is COc1ccc(OCc2cc(C(=O)OCC(=O)C(C#N)=C(C)N)c(C)o2)cc1. The van der Waals surface area contributed by atoms with E-state index in [1.807, 2.05) is 0 Å². The maximum Gasteiger partial charge on any atom is 0.342 e. The van der Waals surface area contributed by atoms with Gasteiger partial charge in [-0.2, -0.15) is 5.26 Å². The van der Waals surface area contributed by atoms with Crippen LogP contribution in [-0.2, 0) is 16.1 Å². The fourth-order valence-corrected chi connectivity index (χ4v) is 2.30. The van der Waals surface area contributed by atoms with Crippen molar-refractivity contribution in [1.82, 2.24) is 0 Å². The van der Waals surface area contributed by atoms with E-state index < -0.39 is 18.4 Å². The van der Waals surface area contributed by atoms with Crippen LogP contribution in [0.1, 0.15) is 28.8 Å². The monoisotopic (exact) mass is 384 g/mol. The molecule has 1 aromatic heterocycles. The molecule has 0 aliphatic rings. The van der Waals surface area contributed by atoms with Crippen molar-refractivity contribution in [2.45, 2.75) is 20.5 Å². The summed E-state index contributed by atoms with van der Waals surface area (Å²) in [7, 11) is 1.57. The van der Waals surface area contributed by atoms with E-state index in [0.29, 0.717) is 23.0 Å². The lowest BCUT2D eigenvalue weighted by Crippen LogP contribution is -2.17. The number of ether oxygens (including phenoxy) is 3. The lowest BCUT2D eigenvalue weighted by molar-refractivity contribution is -0.118. The molecule has 8 nitrogen and oxygen atoms in total. The van der Waals surface area contributed by atoms with E-state index in [2.05, 4.69) is 0 Å². The molecule has 146 valence electrons. The zero-order chi connectivity index (χ0) is 20.7. The van der Waals surface area contributed by atoms with E-state index in [4.69, 9.17) is 29.6 Å². The number of esters is 1. The predicted octanol–water partition coefficient (Wildman–Crippen LogP) is 2.66. The first-order valence-electron chi connectivity index (χ1n) is 8.28. The minimum atomic E-state index is -0.739. The number of Topliss-reactive ketones (excluding diaryl/α,β-unsaturated/α-hetero) is 1. The molecule has 1 aromatic carbocycles. The smallest absolute Gasteiger partial charge is 0.342 e. The number of nitriles is 1. The van der Waals surface area contributed by atoms with E-state index >= 15 is 0 Å². The summed E-state index contributed by atoms with van der Waals surface area (Å²) in [5.74, 6) is 0.661. The molecule has 0 fully saturated rings. The zero-order valence-electron chi connectivity index (χ0n) is 15.8. The fraction of sp³-hybridized carbons (Fsp3) is 0.250. The van der Waals surface area contributed by atoms with E-state index in [1.165, 1.54) is 13.0 Å². The fourth-order valence-electron chi connectivity index (χ4n) is 2.30. The Hall–Kier alpha value is -3.73. The number of nitrogens with zero attached hydrogens (tertiary/aromatic N) is 1. The molecular weight excluding hydrogens is 364 g/mol. The molecule has 28 heavy (non-hydrogen) atoms. The molecule has 0 radical (unpaired) electrons. The van der Waals surface area contributed by atoms with Crippen LogP contribution in [0.4, 0.5) is 0 Å². The van der Waals surface area contributed by atoms with Gasteiger partial charge in [0.25, 0.3) is 0 Å². The molecular formula is C20H20N2O6. The molecule has 0 unspecified atom stereocenters. The Morgan fingerprint density at radius 1 is 1.21 bits per heavy atom. The number of rotatable bonds is 8. The third kappa shape index (κ3) is 5.14. The van der Waals surface area contributed by atoms with Gasteiger partial charge >= 0.3 is 5.97 Å². The van der Waals surface area contributed by atoms with Gasteiger partial charge in [0.15, 0.2) is 6.61 Å². The summed E-state index contributed by atoms with van der Waals surface area (Å²) in [6.07, 6.45) is 0. The molecule has 1 heterocycles. The number of aryl methyl sites for hydroxylation is 1. The molecule has 2 N–H and O–H groups in total. The third-order valence-electron chi connectivity index (χ3n) is 3.75. The number of hydrogen-bond donors (Lipinski definition) is 1. The van der Waals surface area contributed by atoms with Gasteiger partial charge in [0.2, 0.25) is 5.78 Å². The second-order valence-electron chi connectivity index (χ2n) is 5.82. The highest BCUT2D eigenvalue weighted by molar-refractivity contribution is 6.02.